The molecule has 0 aromatic heterocycles. The van der Waals surface area contributed by atoms with Crippen LogP contribution in [0.25, 0.3) is 5.32 Å². The van der Waals surface area contributed by atoms with Crippen LogP contribution < -0.4 is 5.73 Å². The molecule has 2 nitrogen and oxygen atoms in total. The van der Waals surface area contributed by atoms with Crippen LogP contribution in [0.1, 0.15) is 12.8 Å². The second-order valence-electron chi connectivity index (χ2n) is 2.35. The molecule has 1 rings (SSSR count). The van der Waals surface area contributed by atoms with Gasteiger partial charge in [-0.15, -0.1) is 13.1 Å². The van der Waals surface area contributed by atoms with Crippen LogP contribution in [0.5, 0.6) is 0 Å². The van der Waals surface area contributed by atoms with E-state index >= 15 is 0 Å². The quantitative estimate of drug-likeness (QED) is 0.668. The molecule has 0 unspecified atom stereocenters. The van der Waals surface area contributed by atoms with Crippen molar-refractivity contribution in [2.45, 2.75) is 12.8 Å². The van der Waals surface area contributed by atoms with E-state index in [0.717, 1.165) is 25.6 Å². The fourth-order valence-electron chi connectivity index (χ4n) is 1.04. The van der Waals surface area contributed by atoms with E-state index in [2.05, 4.69) is 5.32 Å². The Morgan fingerprint density at radius 1 is 1.33 bits per heavy atom. The summed E-state index contributed by atoms with van der Waals surface area (Å²) >= 11 is 0. The smallest absolute Gasteiger partial charge is 0 e. The van der Waals surface area contributed by atoms with Crippen molar-refractivity contribution in [2.24, 2.45) is 11.7 Å². The zero-order valence-electron chi connectivity index (χ0n) is 5.71. The van der Waals surface area contributed by atoms with E-state index in [-0.39, 0.29) is 32.7 Å². The molecular formula is C6H13N2Y-. The van der Waals surface area contributed by atoms with Crippen LogP contribution in [0.2, 0.25) is 0 Å². The first-order valence-electron chi connectivity index (χ1n) is 3.27. The molecule has 0 amide bonds. The molecule has 1 aliphatic rings. The Morgan fingerprint density at radius 2 is 1.89 bits per heavy atom. The summed E-state index contributed by atoms with van der Waals surface area (Å²) < 4.78 is 0. The first-order chi connectivity index (χ1) is 3.93. The first-order valence-corrected chi connectivity index (χ1v) is 3.27. The molecule has 9 heavy (non-hydrogen) atoms. The molecule has 1 aliphatic heterocycles. The minimum Gasteiger partial charge on any atom is -0.662 e. The summed E-state index contributed by atoms with van der Waals surface area (Å²) in [7, 11) is 0. The van der Waals surface area contributed by atoms with Crippen LogP contribution in [0.15, 0.2) is 0 Å². The minimum atomic E-state index is 0. The van der Waals surface area contributed by atoms with Gasteiger partial charge in [0.25, 0.3) is 0 Å². The normalized spacial score (nSPS) is 21.0. The van der Waals surface area contributed by atoms with Crippen LogP contribution in [0, 0.1) is 5.92 Å². The Morgan fingerprint density at radius 3 is 2.22 bits per heavy atom. The predicted octanol–water partition coefficient (Wildman–Crippen LogP) is 0.726. The fraction of sp³-hybridized carbons (Fsp3) is 1.00. The van der Waals surface area contributed by atoms with Crippen molar-refractivity contribution in [1.29, 1.82) is 0 Å². The van der Waals surface area contributed by atoms with E-state index in [0.29, 0.717) is 0 Å². The van der Waals surface area contributed by atoms with Crippen LogP contribution in [0.4, 0.5) is 0 Å². The summed E-state index contributed by atoms with van der Waals surface area (Å²) in [4.78, 5) is 0. The molecule has 1 heterocycles. The van der Waals surface area contributed by atoms with E-state index in [1.165, 1.54) is 12.8 Å². The number of nitrogens with zero attached hydrogens (tertiary/aromatic N) is 1. The van der Waals surface area contributed by atoms with Gasteiger partial charge in [0.2, 0.25) is 0 Å². The van der Waals surface area contributed by atoms with Gasteiger partial charge < -0.3 is 11.1 Å². The molecule has 3 heteroatoms. The maximum atomic E-state index is 5.46. The molecule has 0 bridgehead atoms. The maximum Gasteiger partial charge on any atom is 0 e. The summed E-state index contributed by atoms with van der Waals surface area (Å²) in [5, 5.41) is 4.22. The van der Waals surface area contributed by atoms with Gasteiger partial charge in [0, 0.05) is 32.7 Å². The largest absolute Gasteiger partial charge is 0.662 e. The zero-order valence-corrected chi connectivity index (χ0v) is 8.55. The van der Waals surface area contributed by atoms with E-state index in [4.69, 9.17) is 5.73 Å². The Labute approximate surface area is 81.8 Å². The van der Waals surface area contributed by atoms with Crippen molar-refractivity contribution >= 4 is 0 Å². The molecule has 1 saturated heterocycles. The van der Waals surface area contributed by atoms with Crippen LogP contribution in [0.3, 0.4) is 0 Å². The molecule has 0 atom stereocenters. The van der Waals surface area contributed by atoms with Gasteiger partial charge in [0.15, 0.2) is 0 Å². The molecule has 0 aliphatic carbocycles. The van der Waals surface area contributed by atoms with Crippen LogP contribution in [-0.2, 0) is 32.7 Å². The summed E-state index contributed by atoms with van der Waals surface area (Å²) in [5.74, 6) is 0.771. The number of nitrogens with two attached hydrogens (primary N) is 1. The second-order valence-corrected chi connectivity index (χ2v) is 2.35. The molecule has 0 aromatic carbocycles. The molecule has 0 aromatic rings. The van der Waals surface area contributed by atoms with Crippen molar-refractivity contribution in [1.82, 2.24) is 0 Å². The van der Waals surface area contributed by atoms with Crippen molar-refractivity contribution in [3.8, 4) is 0 Å². The Hall–Kier alpha value is 1.02. The van der Waals surface area contributed by atoms with E-state index in [9.17, 15) is 0 Å². The van der Waals surface area contributed by atoms with Crippen molar-refractivity contribution < 1.29 is 32.7 Å². The standard InChI is InChI=1S/C6H13N2.Y/c7-5-6-1-3-8-4-2-6;/h6H,1-5,7H2;/q-1;. The monoisotopic (exact) mass is 202 g/mol. The van der Waals surface area contributed by atoms with Crippen molar-refractivity contribution in [2.75, 3.05) is 19.6 Å². The summed E-state index contributed by atoms with van der Waals surface area (Å²) in [6.45, 7) is 2.94. The van der Waals surface area contributed by atoms with Crippen molar-refractivity contribution in [3.05, 3.63) is 5.32 Å². The summed E-state index contributed by atoms with van der Waals surface area (Å²) in [6, 6.07) is 0. The van der Waals surface area contributed by atoms with Gasteiger partial charge in [-0.2, -0.15) is 0 Å². The third kappa shape index (κ3) is 3.66. The molecule has 1 radical (unpaired) electrons. The Bertz CT molecular complexity index is 62.1. The molecular weight excluding hydrogens is 189 g/mol. The van der Waals surface area contributed by atoms with E-state index in [1.54, 1.807) is 0 Å². The van der Waals surface area contributed by atoms with Gasteiger partial charge in [-0.1, -0.05) is 12.8 Å². The van der Waals surface area contributed by atoms with E-state index in [1.807, 2.05) is 0 Å². The fourth-order valence-corrected chi connectivity index (χ4v) is 1.04. The van der Waals surface area contributed by atoms with Crippen molar-refractivity contribution in [3.63, 3.8) is 0 Å². The van der Waals surface area contributed by atoms with Gasteiger partial charge >= 0.3 is 0 Å². The predicted molar refractivity (Wildman–Crippen MR) is 34.9 cm³/mol. The molecule has 1 fully saturated rings. The minimum absolute atomic E-state index is 0. The average molecular weight is 202 g/mol. The maximum absolute atomic E-state index is 5.46. The molecule has 51 valence electrons. The number of hydrogen-bond acceptors (Lipinski definition) is 1. The Kier molecular flexibility index (Phi) is 6.44. The van der Waals surface area contributed by atoms with Gasteiger partial charge in [0.05, 0.1) is 0 Å². The number of hydrogen-bond donors (Lipinski definition) is 1. The number of rotatable bonds is 1. The Balaban J connectivity index is 0.000000640. The summed E-state index contributed by atoms with van der Waals surface area (Å²) in [6.07, 6.45) is 2.44. The van der Waals surface area contributed by atoms with E-state index < -0.39 is 0 Å². The average Bonchev–Trinajstić information content (AvgIpc) is 1.90. The SMILES string of the molecule is NCC1CC[N-]CC1.[Y]. The van der Waals surface area contributed by atoms with Gasteiger partial charge in [-0.25, -0.2) is 0 Å². The summed E-state index contributed by atoms with van der Waals surface area (Å²) in [5.41, 5.74) is 5.46. The second kappa shape index (κ2) is 5.78. The third-order valence-electron chi connectivity index (χ3n) is 1.72. The van der Waals surface area contributed by atoms with Crippen LogP contribution >= 0.6 is 0 Å². The van der Waals surface area contributed by atoms with Gasteiger partial charge in [-0.3, -0.25) is 0 Å². The number of piperidine rings is 1. The third-order valence-corrected chi connectivity index (χ3v) is 1.72. The molecule has 2 N–H and O–H groups in total. The molecule has 0 saturated carbocycles. The van der Waals surface area contributed by atoms with Gasteiger partial charge in [-0.05, 0) is 12.5 Å². The van der Waals surface area contributed by atoms with Crippen LogP contribution in [-0.4, -0.2) is 19.6 Å². The first kappa shape index (κ1) is 10.0. The zero-order chi connectivity index (χ0) is 5.82. The van der Waals surface area contributed by atoms with Gasteiger partial charge in [0.1, 0.15) is 0 Å². The topological polar surface area (TPSA) is 40.1 Å². The molecule has 0 spiro atoms.